The van der Waals surface area contributed by atoms with Crippen LogP contribution in [0, 0.1) is 5.82 Å². The number of benzene rings is 3. The highest BCUT2D eigenvalue weighted by atomic mass is 19.1. The van der Waals surface area contributed by atoms with Crippen LogP contribution in [0.25, 0.3) is 6.08 Å². The third kappa shape index (κ3) is 6.37. The molecule has 0 fully saturated rings. The first kappa shape index (κ1) is 22.0. The number of rotatable bonds is 5. The summed E-state index contributed by atoms with van der Waals surface area (Å²) < 4.78 is 12.9. The third-order valence-electron chi connectivity index (χ3n) is 4.70. The van der Waals surface area contributed by atoms with E-state index in [4.69, 9.17) is 0 Å². The molecule has 0 aliphatic rings. The zero-order valence-electron chi connectivity index (χ0n) is 17.8. The number of halogens is 1. The smallest absolute Gasteiger partial charge is 0.255 e. The molecule has 3 aromatic rings. The molecule has 0 saturated carbocycles. The molecule has 0 unspecified atom stereocenters. The first-order chi connectivity index (χ1) is 14.7. The summed E-state index contributed by atoms with van der Waals surface area (Å²) in [5, 5.41) is 5.60. The number of nitrogens with one attached hydrogen (secondary N) is 2. The molecule has 0 aliphatic carbocycles. The molecule has 158 valence electrons. The molecule has 0 bridgehead atoms. The van der Waals surface area contributed by atoms with E-state index in [1.54, 1.807) is 42.5 Å². The van der Waals surface area contributed by atoms with E-state index < -0.39 is 0 Å². The van der Waals surface area contributed by atoms with Crippen LogP contribution in [0.1, 0.15) is 42.3 Å². The highest BCUT2D eigenvalue weighted by Gasteiger charge is 2.14. The maximum Gasteiger partial charge on any atom is 0.255 e. The summed E-state index contributed by atoms with van der Waals surface area (Å²) in [7, 11) is 0. The molecule has 0 radical (unpaired) electrons. The normalized spacial score (nSPS) is 11.4. The third-order valence-corrected chi connectivity index (χ3v) is 4.70. The number of carbonyl (C=O) groups excluding carboxylic acids is 2. The maximum absolute atomic E-state index is 12.9. The molecule has 0 atom stereocenters. The Labute approximate surface area is 181 Å². The minimum atomic E-state index is -0.328. The molecule has 4 nitrogen and oxygen atoms in total. The summed E-state index contributed by atoms with van der Waals surface area (Å²) in [5.41, 5.74) is 3.58. The molecular weight excluding hydrogens is 391 g/mol. The summed E-state index contributed by atoms with van der Waals surface area (Å²) in [6.45, 7) is 6.37. The topological polar surface area (TPSA) is 58.2 Å². The Morgan fingerprint density at radius 1 is 0.839 bits per heavy atom. The van der Waals surface area contributed by atoms with Gasteiger partial charge in [-0.1, -0.05) is 51.1 Å². The number of hydrogen-bond acceptors (Lipinski definition) is 2. The van der Waals surface area contributed by atoms with E-state index in [2.05, 4.69) is 31.4 Å². The number of hydrogen-bond donors (Lipinski definition) is 2. The van der Waals surface area contributed by atoms with Crippen molar-refractivity contribution < 1.29 is 14.0 Å². The van der Waals surface area contributed by atoms with Crippen LogP contribution in [0.4, 0.5) is 15.8 Å². The average Bonchev–Trinajstić information content (AvgIpc) is 2.73. The zero-order chi connectivity index (χ0) is 22.4. The van der Waals surface area contributed by atoms with Crippen molar-refractivity contribution in [2.24, 2.45) is 0 Å². The van der Waals surface area contributed by atoms with E-state index in [-0.39, 0.29) is 23.0 Å². The lowest BCUT2D eigenvalue weighted by Crippen LogP contribution is -2.14. The highest BCUT2D eigenvalue weighted by Crippen LogP contribution is 2.23. The van der Waals surface area contributed by atoms with Gasteiger partial charge in [0.05, 0.1) is 0 Å². The van der Waals surface area contributed by atoms with Gasteiger partial charge in [0.2, 0.25) is 5.91 Å². The van der Waals surface area contributed by atoms with Crippen molar-refractivity contribution >= 4 is 29.3 Å². The van der Waals surface area contributed by atoms with Gasteiger partial charge in [-0.3, -0.25) is 9.59 Å². The van der Waals surface area contributed by atoms with Crippen molar-refractivity contribution in [1.82, 2.24) is 0 Å². The highest BCUT2D eigenvalue weighted by molar-refractivity contribution is 6.05. The monoisotopic (exact) mass is 416 g/mol. The second-order valence-corrected chi connectivity index (χ2v) is 8.24. The van der Waals surface area contributed by atoms with Crippen LogP contribution in [-0.4, -0.2) is 11.8 Å². The minimum absolute atomic E-state index is 0.0205. The molecule has 3 aromatic carbocycles. The summed E-state index contributed by atoms with van der Waals surface area (Å²) >= 11 is 0. The van der Waals surface area contributed by atoms with E-state index in [9.17, 15) is 14.0 Å². The van der Waals surface area contributed by atoms with Crippen molar-refractivity contribution in [1.29, 1.82) is 0 Å². The number of amides is 2. The quantitative estimate of drug-likeness (QED) is 0.499. The molecule has 5 heteroatoms. The van der Waals surface area contributed by atoms with Gasteiger partial charge in [-0.05, 0) is 65.1 Å². The largest absolute Gasteiger partial charge is 0.322 e. The lowest BCUT2D eigenvalue weighted by atomic mass is 9.87. The van der Waals surface area contributed by atoms with Gasteiger partial charge in [-0.2, -0.15) is 0 Å². The van der Waals surface area contributed by atoms with Crippen LogP contribution in [0.15, 0.2) is 78.9 Å². The molecule has 31 heavy (non-hydrogen) atoms. The van der Waals surface area contributed by atoms with Crippen LogP contribution in [0.3, 0.4) is 0 Å². The second kappa shape index (κ2) is 9.39. The van der Waals surface area contributed by atoms with Crippen LogP contribution in [0.5, 0.6) is 0 Å². The Balaban J connectivity index is 1.62. The summed E-state index contributed by atoms with van der Waals surface area (Å²) in [5.74, 6) is -0.878. The standard InChI is InChI=1S/C26H25FN2O2/c1-26(2,3)20-12-10-19(11-13-20)25(31)29-23-6-4-5-22(17-23)28-24(30)16-9-18-7-14-21(27)15-8-18/h4-17H,1-3H3,(H,28,30)(H,29,31)/b16-9-. The van der Waals surface area contributed by atoms with E-state index in [0.29, 0.717) is 16.9 Å². The predicted octanol–water partition coefficient (Wildman–Crippen LogP) is 6.03. The predicted molar refractivity (Wildman–Crippen MR) is 124 cm³/mol. The van der Waals surface area contributed by atoms with E-state index in [1.165, 1.54) is 18.2 Å². The number of carbonyl (C=O) groups is 2. The number of anilines is 2. The van der Waals surface area contributed by atoms with Crippen molar-refractivity contribution in [3.05, 3.63) is 101 Å². The van der Waals surface area contributed by atoms with Crippen LogP contribution in [-0.2, 0) is 10.2 Å². The lowest BCUT2D eigenvalue weighted by Gasteiger charge is -2.19. The first-order valence-corrected chi connectivity index (χ1v) is 9.97. The van der Waals surface area contributed by atoms with Gasteiger partial charge in [-0.15, -0.1) is 0 Å². The maximum atomic E-state index is 12.9. The Morgan fingerprint density at radius 3 is 2.06 bits per heavy atom. The van der Waals surface area contributed by atoms with E-state index in [0.717, 1.165) is 11.1 Å². The zero-order valence-corrected chi connectivity index (χ0v) is 17.8. The summed E-state index contributed by atoms with van der Waals surface area (Å²) in [6.07, 6.45) is 2.97. The van der Waals surface area contributed by atoms with Crippen LogP contribution < -0.4 is 10.6 Å². The van der Waals surface area contributed by atoms with Gasteiger partial charge in [0.15, 0.2) is 0 Å². The molecular formula is C26H25FN2O2. The van der Waals surface area contributed by atoms with Gasteiger partial charge in [0, 0.05) is 23.0 Å². The van der Waals surface area contributed by atoms with Crippen LogP contribution >= 0.6 is 0 Å². The van der Waals surface area contributed by atoms with Crippen molar-refractivity contribution in [2.75, 3.05) is 10.6 Å². The fourth-order valence-electron chi connectivity index (χ4n) is 2.93. The Bertz CT molecular complexity index is 1100. The lowest BCUT2D eigenvalue weighted by molar-refractivity contribution is -0.111. The van der Waals surface area contributed by atoms with Crippen molar-refractivity contribution in [3.63, 3.8) is 0 Å². The van der Waals surface area contributed by atoms with Crippen LogP contribution in [0.2, 0.25) is 0 Å². The molecule has 0 heterocycles. The molecule has 0 saturated heterocycles. The van der Waals surface area contributed by atoms with Gasteiger partial charge < -0.3 is 10.6 Å². The Hall–Kier alpha value is -3.73. The fourth-order valence-corrected chi connectivity index (χ4v) is 2.93. The van der Waals surface area contributed by atoms with Gasteiger partial charge in [-0.25, -0.2) is 4.39 Å². The molecule has 2 amide bonds. The molecule has 3 rings (SSSR count). The summed E-state index contributed by atoms with van der Waals surface area (Å²) in [6, 6.07) is 20.3. The first-order valence-electron chi connectivity index (χ1n) is 9.97. The molecule has 0 aromatic heterocycles. The second-order valence-electron chi connectivity index (χ2n) is 8.24. The van der Waals surface area contributed by atoms with E-state index in [1.807, 2.05) is 24.3 Å². The minimum Gasteiger partial charge on any atom is -0.322 e. The Kier molecular flexibility index (Phi) is 6.65. The van der Waals surface area contributed by atoms with Gasteiger partial charge >= 0.3 is 0 Å². The molecule has 0 spiro atoms. The SMILES string of the molecule is CC(C)(C)c1ccc(C(=O)Nc2cccc(NC(=O)/C=C\c3ccc(F)cc3)c2)cc1. The summed E-state index contributed by atoms with van der Waals surface area (Å²) in [4.78, 5) is 24.7. The van der Waals surface area contributed by atoms with Gasteiger partial charge in [0.1, 0.15) is 5.82 Å². The van der Waals surface area contributed by atoms with Crippen molar-refractivity contribution in [3.8, 4) is 0 Å². The fraction of sp³-hybridized carbons (Fsp3) is 0.154. The Morgan fingerprint density at radius 2 is 1.45 bits per heavy atom. The average molecular weight is 416 g/mol. The molecule has 0 aliphatic heterocycles. The van der Waals surface area contributed by atoms with E-state index >= 15 is 0 Å². The van der Waals surface area contributed by atoms with Gasteiger partial charge in [0.25, 0.3) is 5.91 Å². The van der Waals surface area contributed by atoms with Crippen molar-refractivity contribution in [2.45, 2.75) is 26.2 Å². The molecule has 2 N–H and O–H groups in total.